The minimum atomic E-state index is -1.28. The summed E-state index contributed by atoms with van der Waals surface area (Å²) in [6, 6.07) is 14.3. The number of hydrogen-bond donors (Lipinski definition) is 3. The zero-order valence-electron chi connectivity index (χ0n) is 28.2. The van der Waals surface area contributed by atoms with Gasteiger partial charge in [0.2, 0.25) is 11.8 Å². The van der Waals surface area contributed by atoms with Gasteiger partial charge in [0.1, 0.15) is 17.9 Å². The van der Waals surface area contributed by atoms with Crippen LogP contribution in [0.5, 0.6) is 5.75 Å². The van der Waals surface area contributed by atoms with Crippen molar-refractivity contribution in [1.82, 2.24) is 25.5 Å². The van der Waals surface area contributed by atoms with Gasteiger partial charge < -0.3 is 19.9 Å². The summed E-state index contributed by atoms with van der Waals surface area (Å²) in [5.74, 6) is -4.22. The van der Waals surface area contributed by atoms with E-state index in [0.29, 0.717) is 17.9 Å². The molecule has 3 N–H and O–H groups in total. The highest BCUT2D eigenvalue weighted by molar-refractivity contribution is 6.07. The summed E-state index contributed by atoms with van der Waals surface area (Å²) >= 11 is 0. The molecule has 0 bridgehead atoms. The molecule has 1 aliphatic rings. The van der Waals surface area contributed by atoms with E-state index in [4.69, 9.17) is 4.74 Å². The van der Waals surface area contributed by atoms with Crippen LogP contribution in [-0.4, -0.2) is 102 Å². The number of benzene rings is 2. The molecule has 12 nitrogen and oxygen atoms in total. The van der Waals surface area contributed by atoms with Crippen molar-refractivity contribution in [3.8, 4) is 5.75 Å². The molecular formula is C34H48ClN5O7. The number of halogens is 1. The number of likely N-dealkylation sites (N-methyl/N-ethyl adjacent to an activating group) is 2. The standard InChI is InChI=1S/C34H47N5O7.ClH/c1-22(2)19-26(27(31(42)36-45)21-39-32(43)34(3,4)38(7)33(39)44)30(41)35-28(20-23-11-9-8-10-12-23)29(40)24-13-15-25(16-14-24)46-18-17-37(5)6;/h8-16,22,26-28,45H,17-21H2,1-7H3,(H,35,41)(H,36,42);1H/t26-,27?,28+;/m1./s1. The average molecular weight is 674 g/mol. The third-order valence-corrected chi connectivity index (χ3v) is 8.36. The first-order chi connectivity index (χ1) is 21.7. The molecule has 1 aliphatic heterocycles. The fourth-order valence-corrected chi connectivity index (χ4v) is 5.38. The highest BCUT2D eigenvalue weighted by atomic mass is 35.5. The van der Waals surface area contributed by atoms with Crippen LogP contribution in [0.1, 0.15) is 50.0 Å². The maximum Gasteiger partial charge on any atom is 0.327 e. The molecule has 1 fully saturated rings. The summed E-state index contributed by atoms with van der Waals surface area (Å²) in [5, 5.41) is 12.5. The lowest BCUT2D eigenvalue weighted by Gasteiger charge is -2.30. The Labute approximate surface area is 283 Å². The van der Waals surface area contributed by atoms with Crippen LogP contribution in [0.4, 0.5) is 4.79 Å². The Hall–Kier alpha value is -4.00. The first-order valence-corrected chi connectivity index (χ1v) is 15.5. The fraction of sp³-hybridized carbons (Fsp3) is 0.500. The molecule has 0 spiro atoms. The average Bonchev–Trinajstić information content (AvgIpc) is 3.16. The molecule has 1 heterocycles. The van der Waals surface area contributed by atoms with E-state index >= 15 is 0 Å². The number of ether oxygens (including phenoxy) is 1. The highest BCUT2D eigenvalue weighted by Crippen LogP contribution is 2.30. The van der Waals surface area contributed by atoms with E-state index in [1.165, 1.54) is 11.9 Å². The Morgan fingerprint density at radius 1 is 0.957 bits per heavy atom. The Morgan fingerprint density at radius 3 is 2.09 bits per heavy atom. The molecule has 0 aromatic heterocycles. The number of Topliss-reactive ketones (excluding diaryl/α,β-unsaturated/α-hetero) is 1. The van der Waals surface area contributed by atoms with Gasteiger partial charge in [-0.15, -0.1) is 12.4 Å². The molecule has 2 aromatic carbocycles. The lowest BCUT2D eigenvalue weighted by Crippen LogP contribution is -2.52. The van der Waals surface area contributed by atoms with Gasteiger partial charge in [-0.3, -0.25) is 29.3 Å². The van der Waals surface area contributed by atoms with Crippen LogP contribution in [0.2, 0.25) is 0 Å². The number of carbonyl (C=O) groups is 5. The lowest BCUT2D eigenvalue weighted by atomic mass is 9.83. The van der Waals surface area contributed by atoms with Gasteiger partial charge >= 0.3 is 6.03 Å². The van der Waals surface area contributed by atoms with Gasteiger partial charge in [-0.25, -0.2) is 10.3 Å². The Bertz CT molecular complexity index is 1380. The Morgan fingerprint density at radius 2 is 1.57 bits per heavy atom. The molecular weight excluding hydrogens is 626 g/mol. The number of hydrogen-bond acceptors (Lipinski definition) is 8. The topological polar surface area (TPSA) is 149 Å². The first kappa shape index (κ1) is 39.2. The van der Waals surface area contributed by atoms with E-state index in [2.05, 4.69) is 5.32 Å². The van der Waals surface area contributed by atoms with Crippen molar-refractivity contribution in [2.45, 2.75) is 52.1 Å². The van der Waals surface area contributed by atoms with Gasteiger partial charge in [0.05, 0.1) is 17.9 Å². The summed E-state index contributed by atoms with van der Waals surface area (Å²) in [4.78, 5) is 71.4. The van der Waals surface area contributed by atoms with E-state index in [1.54, 1.807) is 43.6 Å². The van der Waals surface area contributed by atoms with E-state index in [9.17, 15) is 29.2 Å². The maximum atomic E-state index is 14.1. The first-order valence-electron chi connectivity index (χ1n) is 15.5. The number of amides is 5. The van der Waals surface area contributed by atoms with Crippen molar-refractivity contribution in [1.29, 1.82) is 0 Å². The second-order valence-electron chi connectivity index (χ2n) is 12.9. The summed E-state index contributed by atoms with van der Waals surface area (Å²) in [5.41, 5.74) is 1.65. The minimum absolute atomic E-state index is 0. The zero-order chi connectivity index (χ0) is 34.2. The second-order valence-corrected chi connectivity index (χ2v) is 12.9. The zero-order valence-corrected chi connectivity index (χ0v) is 29.0. The molecule has 3 rings (SSSR count). The molecule has 1 unspecified atom stereocenters. The van der Waals surface area contributed by atoms with Crippen molar-refractivity contribution in [2.24, 2.45) is 17.8 Å². The molecule has 0 saturated carbocycles. The van der Waals surface area contributed by atoms with Crippen LogP contribution < -0.4 is 15.5 Å². The van der Waals surface area contributed by atoms with E-state index in [1.807, 2.05) is 63.2 Å². The molecule has 47 heavy (non-hydrogen) atoms. The maximum absolute atomic E-state index is 14.1. The third-order valence-electron chi connectivity index (χ3n) is 8.36. The summed E-state index contributed by atoms with van der Waals surface area (Å²) in [6.45, 7) is 7.71. The van der Waals surface area contributed by atoms with Crippen LogP contribution in [0.3, 0.4) is 0 Å². The van der Waals surface area contributed by atoms with Gasteiger partial charge in [0.25, 0.3) is 5.91 Å². The van der Waals surface area contributed by atoms with Gasteiger partial charge in [-0.2, -0.15) is 0 Å². The summed E-state index contributed by atoms with van der Waals surface area (Å²) in [7, 11) is 5.38. The minimum Gasteiger partial charge on any atom is -0.492 e. The third kappa shape index (κ3) is 9.99. The lowest BCUT2D eigenvalue weighted by molar-refractivity contribution is -0.143. The molecule has 0 radical (unpaired) electrons. The highest BCUT2D eigenvalue weighted by Gasteiger charge is 2.51. The number of nitrogens with one attached hydrogen (secondary N) is 2. The molecule has 258 valence electrons. The monoisotopic (exact) mass is 673 g/mol. The van der Waals surface area contributed by atoms with Crippen molar-refractivity contribution >= 4 is 41.9 Å². The smallest absolute Gasteiger partial charge is 0.327 e. The van der Waals surface area contributed by atoms with Crippen LogP contribution in [0.25, 0.3) is 0 Å². The van der Waals surface area contributed by atoms with E-state index in [0.717, 1.165) is 17.0 Å². The molecule has 2 aromatic rings. The number of ketones is 1. The largest absolute Gasteiger partial charge is 0.492 e. The fourth-order valence-electron chi connectivity index (χ4n) is 5.38. The number of carbonyl (C=O) groups excluding carboxylic acids is 5. The van der Waals surface area contributed by atoms with Crippen molar-refractivity contribution in [3.05, 3.63) is 65.7 Å². The predicted octanol–water partition coefficient (Wildman–Crippen LogP) is 3.42. The Kier molecular flexibility index (Phi) is 14.4. The molecule has 3 atom stereocenters. The number of rotatable bonds is 16. The van der Waals surface area contributed by atoms with Crippen LogP contribution >= 0.6 is 12.4 Å². The SMILES string of the molecule is CC(C)C[C@@H](C(=O)N[C@@H](Cc1ccccc1)C(=O)c1ccc(OCCN(C)C)cc1)C(CN1C(=O)N(C)C(C)(C)C1=O)C(=O)NO.Cl. The van der Waals surface area contributed by atoms with Crippen LogP contribution in [-0.2, 0) is 20.8 Å². The van der Waals surface area contributed by atoms with Gasteiger partial charge in [-0.1, -0.05) is 44.2 Å². The van der Waals surface area contributed by atoms with Gasteiger partial charge in [-0.05, 0) is 70.1 Å². The molecule has 1 saturated heterocycles. The number of hydroxylamine groups is 1. The van der Waals surface area contributed by atoms with Crippen molar-refractivity contribution in [3.63, 3.8) is 0 Å². The van der Waals surface area contributed by atoms with Crippen molar-refractivity contribution < 1.29 is 33.9 Å². The van der Waals surface area contributed by atoms with Gasteiger partial charge in [0.15, 0.2) is 5.78 Å². The molecule has 13 heteroatoms. The number of imide groups is 1. The van der Waals surface area contributed by atoms with E-state index < -0.39 is 53.7 Å². The van der Waals surface area contributed by atoms with E-state index in [-0.39, 0.29) is 36.9 Å². The predicted molar refractivity (Wildman–Crippen MR) is 179 cm³/mol. The molecule has 0 aliphatic carbocycles. The number of nitrogens with zero attached hydrogens (tertiary/aromatic N) is 3. The van der Waals surface area contributed by atoms with Crippen molar-refractivity contribution in [2.75, 3.05) is 40.8 Å². The normalized spacial score (nSPS) is 16.0. The summed E-state index contributed by atoms with van der Waals surface area (Å²) < 4.78 is 5.75. The molecule has 5 amide bonds. The number of urea groups is 1. The quantitative estimate of drug-likeness (QED) is 0.106. The van der Waals surface area contributed by atoms with Crippen LogP contribution in [0.15, 0.2) is 54.6 Å². The van der Waals surface area contributed by atoms with Gasteiger partial charge in [0, 0.05) is 32.1 Å². The summed E-state index contributed by atoms with van der Waals surface area (Å²) in [6.07, 6.45) is 0.366. The van der Waals surface area contributed by atoms with Crippen LogP contribution in [0, 0.1) is 17.8 Å². The second kappa shape index (κ2) is 17.2. The Balaban J connectivity index is 0.00000768.